The van der Waals surface area contributed by atoms with Crippen molar-refractivity contribution in [2.75, 3.05) is 17.7 Å². The lowest BCUT2D eigenvalue weighted by Crippen LogP contribution is -2.24. The number of fused-ring (bicyclic) bond motifs is 1. The van der Waals surface area contributed by atoms with Crippen molar-refractivity contribution in [3.63, 3.8) is 0 Å². The van der Waals surface area contributed by atoms with Gasteiger partial charge in [-0.1, -0.05) is 11.6 Å². The molecule has 1 heterocycles. The highest BCUT2D eigenvalue weighted by atomic mass is 35.5. The Kier molecular flexibility index (Phi) is 7.16. The number of hydrogen-bond acceptors (Lipinski definition) is 8. The highest BCUT2D eigenvalue weighted by molar-refractivity contribution is 6.31. The summed E-state index contributed by atoms with van der Waals surface area (Å²) in [5.74, 6) is 0.185. The number of urea groups is 1. The number of hydrazone groups is 1. The molecule has 3 aromatic carbocycles. The Balaban J connectivity index is 1.53. The summed E-state index contributed by atoms with van der Waals surface area (Å²) in [5.41, 5.74) is 4.16. The van der Waals surface area contributed by atoms with Crippen LogP contribution in [0.25, 0.3) is 10.9 Å². The van der Waals surface area contributed by atoms with Crippen LogP contribution >= 0.6 is 11.6 Å². The van der Waals surface area contributed by atoms with Crippen molar-refractivity contribution < 1.29 is 18.8 Å². The van der Waals surface area contributed by atoms with E-state index < -0.39 is 16.8 Å². The zero-order valence-corrected chi connectivity index (χ0v) is 19.3. The van der Waals surface area contributed by atoms with E-state index in [1.165, 1.54) is 62.1 Å². The Morgan fingerprint density at radius 2 is 1.94 bits per heavy atom. The zero-order chi connectivity index (χ0) is 25.7. The molecule has 182 valence electrons. The van der Waals surface area contributed by atoms with Crippen molar-refractivity contribution >= 4 is 57.6 Å². The Morgan fingerprint density at radius 1 is 1.17 bits per heavy atom. The molecule has 0 saturated carbocycles. The predicted octanol–water partition coefficient (Wildman–Crippen LogP) is 5.24. The lowest BCUT2D eigenvalue weighted by molar-refractivity contribution is -0.384. The average Bonchev–Trinajstić information content (AvgIpc) is 2.86. The van der Waals surface area contributed by atoms with Gasteiger partial charge in [-0.3, -0.25) is 10.1 Å². The number of carbonyl (C=O) groups excluding carboxylic acids is 1. The lowest BCUT2D eigenvalue weighted by atomic mass is 10.2. The topological polar surface area (TPSA) is 144 Å². The first-order valence-electron chi connectivity index (χ1n) is 10.2. The van der Waals surface area contributed by atoms with Gasteiger partial charge in [0, 0.05) is 29.3 Å². The second-order valence-electron chi connectivity index (χ2n) is 7.22. The Labute approximate surface area is 208 Å². The van der Waals surface area contributed by atoms with Crippen LogP contribution in [-0.2, 0) is 0 Å². The molecule has 0 unspecified atom stereocenters. The minimum absolute atomic E-state index is 0.0478. The van der Waals surface area contributed by atoms with E-state index in [0.717, 1.165) is 0 Å². The third kappa shape index (κ3) is 5.62. The monoisotopic (exact) mass is 509 g/mol. The molecule has 0 spiro atoms. The van der Waals surface area contributed by atoms with E-state index in [9.17, 15) is 19.3 Å². The van der Waals surface area contributed by atoms with Crippen LogP contribution in [0.3, 0.4) is 0 Å². The summed E-state index contributed by atoms with van der Waals surface area (Å²) < 4.78 is 18.9. The van der Waals surface area contributed by atoms with Gasteiger partial charge in [0.25, 0.3) is 5.69 Å². The van der Waals surface area contributed by atoms with Crippen LogP contribution in [0.2, 0.25) is 5.02 Å². The minimum atomic E-state index is -0.664. The van der Waals surface area contributed by atoms with Crippen LogP contribution in [0.5, 0.6) is 5.75 Å². The predicted molar refractivity (Wildman–Crippen MR) is 134 cm³/mol. The summed E-state index contributed by atoms with van der Waals surface area (Å²) in [6.07, 6.45) is 2.69. The molecule has 2 amide bonds. The molecule has 0 atom stereocenters. The van der Waals surface area contributed by atoms with Gasteiger partial charge in [0.15, 0.2) is 0 Å². The van der Waals surface area contributed by atoms with Crippen LogP contribution in [0.15, 0.2) is 66.0 Å². The SMILES string of the molecule is COc1cc2ncnc(Nc3ccc(F)c(Cl)c3)c2cc1NC(=O)N/N=C/c1ccc([N+](=O)[O-])cc1. The number of amides is 2. The second-order valence-corrected chi connectivity index (χ2v) is 7.63. The van der Waals surface area contributed by atoms with E-state index in [1.54, 1.807) is 12.1 Å². The quantitative estimate of drug-likeness (QED) is 0.175. The normalized spacial score (nSPS) is 10.9. The lowest BCUT2D eigenvalue weighted by Gasteiger charge is -2.13. The summed E-state index contributed by atoms with van der Waals surface area (Å²) in [7, 11) is 1.44. The maximum absolute atomic E-state index is 13.5. The summed E-state index contributed by atoms with van der Waals surface area (Å²) >= 11 is 5.86. The molecular weight excluding hydrogens is 493 g/mol. The molecule has 1 aromatic heterocycles. The first-order chi connectivity index (χ1) is 17.3. The largest absolute Gasteiger partial charge is 0.494 e. The van der Waals surface area contributed by atoms with E-state index >= 15 is 0 Å². The molecule has 4 aromatic rings. The number of non-ortho nitro benzene ring substituents is 1. The van der Waals surface area contributed by atoms with E-state index in [4.69, 9.17) is 16.3 Å². The maximum Gasteiger partial charge on any atom is 0.339 e. The Hall–Kier alpha value is -4.84. The number of aromatic nitrogens is 2. The van der Waals surface area contributed by atoms with Crippen molar-refractivity contribution in [1.82, 2.24) is 15.4 Å². The number of carbonyl (C=O) groups is 1. The standard InChI is InChI=1S/C23H17ClFN7O4/c1-36-21-10-19-16(22(27-12-26-19)29-14-4-7-18(25)17(24)8-14)9-20(21)30-23(33)31-28-11-13-2-5-15(6-3-13)32(34)35/h2-12H,1H3,(H,26,27,29)(H2,30,31,33)/b28-11+. The molecule has 11 nitrogen and oxygen atoms in total. The first kappa shape index (κ1) is 24.3. The second kappa shape index (κ2) is 10.6. The Bertz CT molecular complexity index is 1480. The number of nitrogens with zero attached hydrogens (tertiary/aromatic N) is 4. The number of methoxy groups -OCH3 is 1. The number of ether oxygens (including phenoxy) is 1. The number of nitro benzene ring substituents is 1. The average molecular weight is 510 g/mol. The molecule has 13 heteroatoms. The van der Waals surface area contributed by atoms with E-state index in [2.05, 4.69) is 31.1 Å². The molecule has 0 bridgehead atoms. The molecule has 0 fully saturated rings. The van der Waals surface area contributed by atoms with Gasteiger partial charge in [-0.15, -0.1) is 0 Å². The van der Waals surface area contributed by atoms with Crippen LogP contribution in [0.4, 0.5) is 32.1 Å². The van der Waals surface area contributed by atoms with E-state index in [1.807, 2.05) is 0 Å². The molecule has 36 heavy (non-hydrogen) atoms. The number of anilines is 3. The van der Waals surface area contributed by atoms with Crippen LogP contribution in [0, 0.1) is 15.9 Å². The molecule has 4 rings (SSSR count). The van der Waals surface area contributed by atoms with Crippen LogP contribution in [0.1, 0.15) is 5.56 Å². The van der Waals surface area contributed by atoms with Crippen molar-refractivity contribution in [1.29, 1.82) is 0 Å². The summed E-state index contributed by atoms with van der Waals surface area (Å²) in [5, 5.41) is 20.8. The molecule has 0 aliphatic rings. The number of hydrogen-bond donors (Lipinski definition) is 3. The molecular formula is C23H17ClFN7O4. The third-order valence-electron chi connectivity index (χ3n) is 4.87. The van der Waals surface area contributed by atoms with Crippen LogP contribution < -0.4 is 20.8 Å². The van der Waals surface area contributed by atoms with Gasteiger partial charge in [-0.25, -0.2) is 24.6 Å². The van der Waals surface area contributed by atoms with E-state index in [-0.39, 0.29) is 10.7 Å². The number of benzene rings is 3. The van der Waals surface area contributed by atoms with Gasteiger partial charge in [0.2, 0.25) is 0 Å². The van der Waals surface area contributed by atoms with Crippen molar-refractivity contribution in [3.8, 4) is 5.75 Å². The number of halogens is 2. The maximum atomic E-state index is 13.5. The molecule has 0 aliphatic carbocycles. The summed E-state index contributed by atoms with van der Waals surface area (Å²) in [6, 6.07) is 12.4. The van der Waals surface area contributed by atoms with Gasteiger partial charge >= 0.3 is 6.03 Å². The molecule has 3 N–H and O–H groups in total. The molecule has 0 radical (unpaired) electrons. The highest BCUT2D eigenvalue weighted by Crippen LogP contribution is 2.33. The number of nitrogens with one attached hydrogen (secondary N) is 3. The zero-order valence-electron chi connectivity index (χ0n) is 18.5. The molecule has 0 aliphatic heterocycles. The van der Waals surface area contributed by atoms with Crippen molar-refractivity contribution in [2.24, 2.45) is 5.10 Å². The van der Waals surface area contributed by atoms with Crippen molar-refractivity contribution in [3.05, 3.63) is 87.4 Å². The Morgan fingerprint density at radius 3 is 2.64 bits per heavy atom. The van der Waals surface area contributed by atoms with E-state index in [0.29, 0.717) is 39.4 Å². The van der Waals surface area contributed by atoms with Crippen LogP contribution in [-0.4, -0.2) is 34.2 Å². The third-order valence-corrected chi connectivity index (χ3v) is 5.16. The van der Waals surface area contributed by atoms with Gasteiger partial charge < -0.3 is 15.4 Å². The fraction of sp³-hybridized carbons (Fsp3) is 0.0435. The number of nitro groups is 1. The minimum Gasteiger partial charge on any atom is -0.494 e. The highest BCUT2D eigenvalue weighted by Gasteiger charge is 2.13. The number of rotatable bonds is 7. The van der Waals surface area contributed by atoms with Gasteiger partial charge in [0.05, 0.1) is 34.5 Å². The van der Waals surface area contributed by atoms with Crippen molar-refractivity contribution in [2.45, 2.75) is 0 Å². The summed E-state index contributed by atoms with van der Waals surface area (Å²) in [4.78, 5) is 31.1. The van der Waals surface area contributed by atoms with Gasteiger partial charge in [0.1, 0.15) is 23.7 Å². The van der Waals surface area contributed by atoms with Gasteiger partial charge in [-0.05, 0) is 42.0 Å². The fourth-order valence-corrected chi connectivity index (χ4v) is 3.34. The first-order valence-corrected chi connectivity index (χ1v) is 10.6. The fourth-order valence-electron chi connectivity index (χ4n) is 3.16. The molecule has 0 saturated heterocycles. The summed E-state index contributed by atoms with van der Waals surface area (Å²) in [6.45, 7) is 0. The van der Waals surface area contributed by atoms with Gasteiger partial charge in [-0.2, -0.15) is 5.10 Å². The smallest absolute Gasteiger partial charge is 0.339 e.